The maximum atomic E-state index is 12.0. The van der Waals surface area contributed by atoms with Crippen LogP contribution in [0.2, 0.25) is 0 Å². The van der Waals surface area contributed by atoms with Crippen molar-refractivity contribution in [3.05, 3.63) is 11.4 Å². The Labute approximate surface area is 104 Å². The zero-order valence-corrected chi connectivity index (χ0v) is 11.0. The van der Waals surface area contributed by atoms with Crippen molar-refractivity contribution < 1.29 is 23.1 Å². The zero-order valence-electron chi connectivity index (χ0n) is 10.2. The number of carbonyl (C=O) groups excluding carboxylic acids is 1. The Morgan fingerprint density at radius 2 is 2.17 bits per heavy atom. The Hall–Kier alpha value is -1.45. The van der Waals surface area contributed by atoms with Gasteiger partial charge in [-0.25, -0.2) is 8.42 Å². The minimum atomic E-state index is -3.95. The van der Waals surface area contributed by atoms with E-state index >= 15 is 0 Å². The van der Waals surface area contributed by atoms with E-state index in [2.05, 4.69) is 19.7 Å². The molecule has 1 rings (SSSR count). The van der Waals surface area contributed by atoms with Gasteiger partial charge in [0, 0.05) is 0 Å². The molecule has 0 aliphatic carbocycles. The quantitative estimate of drug-likeness (QED) is 0.584. The predicted molar refractivity (Wildman–Crippen MR) is 61.3 cm³/mol. The Morgan fingerprint density at radius 3 is 2.56 bits per heavy atom. The first-order chi connectivity index (χ1) is 8.33. The highest BCUT2D eigenvalue weighted by molar-refractivity contribution is 7.89. The molecule has 1 aromatic rings. The van der Waals surface area contributed by atoms with Gasteiger partial charge in [0.2, 0.25) is 10.0 Å². The van der Waals surface area contributed by atoms with Crippen molar-refractivity contribution in [3.63, 3.8) is 0 Å². The van der Waals surface area contributed by atoms with Gasteiger partial charge in [0.15, 0.2) is 0 Å². The summed E-state index contributed by atoms with van der Waals surface area (Å²) in [7, 11) is -2.84. The van der Waals surface area contributed by atoms with E-state index in [-0.39, 0.29) is 10.6 Å². The van der Waals surface area contributed by atoms with Gasteiger partial charge in [-0.15, -0.1) is 0 Å². The van der Waals surface area contributed by atoms with E-state index in [9.17, 15) is 13.2 Å². The smallest absolute Gasteiger partial charge is 0.326 e. The van der Waals surface area contributed by atoms with Gasteiger partial charge in [-0.2, -0.15) is 9.82 Å². The zero-order chi connectivity index (χ0) is 13.9. The van der Waals surface area contributed by atoms with Crippen molar-refractivity contribution >= 4 is 16.0 Å². The van der Waals surface area contributed by atoms with E-state index in [0.717, 1.165) is 7.11 Å². The molecule has 1 heterocycles. The average Bonchev–Trinajstić information content (AvgIpc) is 2.65. The summed E-state index contributed by atoms with van der Waals surface area (Å²) in [6.07, 6.45) is 0. The van der Waals surface area contributed by atoms with Gasteiger partial charge >= 0.3 is 5.97 Å². The van der Waals surface area contributed by atoms with Crippen molar-refractivity contribution in [2.75, 3.05) is 13.7 Å². The van der Waals surface area contributed by atoms with E-state index in [1.54, 1.807) is 6.92 Å². The fourth-order valence-corrected chi connectivity index (χ4v) is 3.03. The lowest BCUT2D eigenvalue weighted by molar-refractivity contribution is -0.143. The maximum Gasteiger partial charge on any atom is 0.326 e. The molecule has 3 N–H and O–H groups in total. The molecule has 0 amide bonds. The standard InChI is InChI=1S/C9H15N3O5S/c1-5-8(6(2)11-10-5)18(15,16)12-7(4-13)9(14)17-3/h7,12-13H,4H2,1-3H3,(H,10,11). The van der Waals surface area contributed by atoms with Crippen LogP contribution in [0.25, 0.3) is 0 Å². The number of ether oxygens (including phenoxy) is 1. The van der Waals surface area contributed by atoms with Gasteiger partial charge in [-0.05, 0) is 13.8 Å². The number of aromatic nitrogens is 2. The Bertz CT molecular complexity index is 517. The molecule has 0 aliphatic rings. The summed E-state index contributed by atoms with van der Waals surface area (Å²) >= 11 is 0. The molecule has 0 fully saturated rings. The van der Waals surface area contributed by atoms with Crippen molar-refractivity contribution in [1.82, 2.24) is 14.9 Å². The first-order valence-corrected chi connectivity index (χ1v) is 6.54. The van der Waals surface area contributed by atoms with Crippen LogP contribution in [0.5, 0.6) is 0 Å². The largest absolute Gasteiger partial charge is 0.468 e. The van der Waals surface area contributed by atoms with Crippen LogP contribution in [-0.2, 0) is 19.6 Å². The summed E-state index contributed by atoms with van der Waals surface area (Å²) in [5.41, 5.74) is 0.628. The van der Waals surface area contributed by atoms with E-state index in [4.69, 9.17) is 5.11 Å². The minimum absolute atomic E-state index is 0.0372. The molecule has 1 atom stereocenters. The highest BCUT2D eigenvalue weighted by Crippen LogP contribution is 2.16. The van der Waals surface area contributed by atoms with Gasteiger partial charge in [-0.1, -0.05) is 0 Å². The molecule has 0 bridgehead atoms. The lowest BCUT2D eigenvalue weighted by Gasteiger charge is -2.14. The van der Waals surface area contributed by atoms with Crippen LogP contribution in [0, 0.1) is 13.8 Å². The summed E-state index contributed by atoms with van der Waals surface area (Å²) in [6, 6.07) is -1.34. The lowest BCUT2D eigenvalue weighted by Crippen LogP contribution is -2.44. The normalized spacial score (nSPS) is 13.3. The monoisotopic (exact) mass is 277 g/mol. The molecule has 1 unspecified atom stereocenters. The molecular weight excluding hydrogens is 262 g/mol. The molecular formula is C9H15N3O5S. The van der Waals surface area contributed by atoms with E-state index in [0.29, 0.717) is 5.69 Å². The molecule has 0 aliphatic heterocycles. The van der Waals surface area contributed by atoms with E-state index in [1.807, 2.05) is 0 Å². The SMILES string of the molecule is COC(=O)C(CO)NS(=O)(=O)c1c(C)n[nH]c1C. The summed E-state index contributed by atoms with van der Waals surface area (Å²) in [4.78, 5) is 11.2. The fraction of sp³-hybridized carbons (Fsp3) is 0.556. The van der Waals surface area contributed by atoms with Crippen molar-refractivity contribution in [2.24, 2.45) is 0 Å². The second-order valence-corrected chi connectivity index (χ2v) is 5.29. The molecule has 0 saturated carbocycles. The van der Waals surface area contributed by atoms with Crippen LogP contribution in [0.15, 0.2) is 4.90 Å². The third-order valence-corrected chi connectivity index (χ3v) is 4.03. The number of hydrogen-bond donors (Lipinski definition) is 3. The van der Waals surface area contributed by atoms with Gasteiger partial charge in [0.05, 0.1) is 25.1 Å². The number of aliphatic hydroxyl groups is 1. The van der Waals surface area contributed by atoms with Crippen LogP contribution in [-0.4, -0.2) is 49.4 Å². The molecule has 0 aromatic carbocycles. The van der Waals surface area contributed by atoms with Crippen LogP contribution < -0.4 is 4.72 Å². The molecule has 0 spiro atoms. The third-order valence-electron chi connectivity index (χ3n) is 2.29. The maximum absolute atomic E-state index is 12.0. The number of esters is 1. The number of sulfonamides is 1. The van der Waals surface area contributed by atoms with E-state index < -0.39 is 28.6 Å². The first-order valence-electron chi connectivity index (χ1n) is 5.06. The number of aliphatic hydroxyl groups excluding tert-OH is 1. The number of nitrogens with zero attached hydrogens (tertiary/aromatic N) is 1. The Morgan fingerprint density at radius 1 is 1.56 bits per heavy atom. The summed E-state index contributed by atoms with van der Waals surface area (Å²) in [6.45, 7) is 2.37. The van der Waals surface area contributed by atoms with Crippen molar-refractivity contribution in [2.45, 2.75) is 24.8 Å². The molecule has 9 heteroatoms. The molecule has 8 nitrogen and oxygen atoms in total. The number of hydrogen-bond acceptors (Lipinski definition) is 6. The van der Waals surface area contributed by atoms with Crippen LogP contribution >= 0.6 is 0 Å². The van der Waals surface area contributed by atoms with Gasteiger partial charge in [0.25, 0.3) is 0 Å². The highest BCUT2D eigenvalue weighted by Gasteiger charge is 2.29. The topological polar surface area (TPSA) is 121 Å². The summed E-state index contributed by atoms with van der Waals surface area (Å²) in [5.74, 6) is -0.861. The van der Waals surface area contributed by atoms with Crippen LogP contribution in [0.1, 0.15) is 11.4 Å². The number of aryl methyl sites for hydroxylation is 2. The Kier molecular flexibility index (Phi) is 4.43. The second-order valence-electron chi connectivity index (χ2n) is 3.64. The number of aromatic amines is 1. The van der Waals surface area contributed by atoms with Gasteiger partial charge < -0.3 is 9.84 Å². The first kappa shape index (κ1) is 14.6. The van der Waals surface area contributed by atoms with Crippen molar-refractivity contribution in [1.29, 1.82) is 0 Å². The van der Waals surface area contributed by atoms with E-state index in [1.165, 1.54) is 6.92 Å². The number of carbonyl (C=O) groups is 1. The van der Waals surface area contributed by atoms with Gasteiger partial charge in [0.1, 0.15) is 10.9 Å². The van der Waals surface area contributed by atoms with Crippen LogP contribution in [0.4, 0.5) is 0 Å². The molecule has 1 aromatic heterocycles. The second kappa shape index (κ2) is 5.46. The number of methoxy groups -OCH3 is 1. The summed E-state index contributed by atoms with van der Waals surface area (Å²) in [5, 5.41) is 15.3. The Balaban J connectivity index is 3.05. The molecule has 0 radical (unpaired) electrons. The summed E-state index contributed by atoms with van der Waals surface area (Å²) < 4.78 is 30.5. The molecule has 102 valence electrons. The number of rotatable bonds is 5. The number of H-pyrrole nitrogens is 1. The predicted octanol–water partition coefficient (Wildman–Crippen LogP) is -1.16. The lowest BCUT2D eigenvalue weighted by atomic mass is 10.3. The third kappa shape index (κ3) is 2.86. The van der Waals surface area contributed by atoms with Crippen molar-refractivity contribution in [3.8, 4) is 0 Å². The average molecular weight is 277 g/mol. The minimum Gasteiger partial charge on any atom is -0.468 e. The van der Waals surface area contributed by atoms with Crippen LogP contribution in [0.3, 0.4) is 0 Å². The molecule has 0 saturated heterocycles. The van der Waals surface area contributed by atoms with Gasteiger partial charge in [-0.3, -0.25) is 9.89 Å². The molecule has 18 heavy (non-hydrogen) atoms. The highest BCUT2D eigenvalue weighted by atomic mass is 32.2. The number of nitrogens with one attached hydrogen (secondary N) is 2. The fourth-order valence-electron chi connectivity index (χ4n) is 1.48.